The summed E-state index contributed by atoms with van der Waals surface area (Å²) in [5.74, 6) is -0.172. The molecule has 0 aromatic carbocycles. The maximum absolute atomic E-state index is 10.7. The van der Waals surface area contributed by atoms with Crippen molar-refractivity contribution in [3.8, 4) is 0 Å². The van der Waals surface area contributed by atoms with Gasteiger partial charge in [0.25, 0.3) is 0 Å². The summed E-state index contributed by atoms with van der Waals surface area (Å²) >= 11 is 1.91. The van der Waals surface area contributed by atoms with Gasteiger partial charge in [-0.1, -0.05) is 0 Å². The molecule has 1 saturated carbocycles. The average molecular weight is 252 g/mol. The zero-order chi connectivity index (χ0) is 12.3. The Morgan fingerprint density at radius 3 is 2.88 bits per heavy atom. The molecule has 0 bridgehead atoms. The molecule has 1 aromatic rings. The second-order valence-electron chi connectivity index (χ2n) is 4.25. The van der Waals surface area contributed by atoms with Crippen LogP contribution < -0.4 is 5.32 Å². The largest absolute Gasteiger partial charge is 0.478 e. The third kappa shape index (κ3) is 3.12. The van der Waals surface area contributed by atoms with Crippen molar-refractivity contribution in [2.45, 2.75) is 30.6 Å². The second kappa shape index (κ2) is 5.40. The van der Waals surface area contributed by atoms with Crippen LogP contribution in [0.1, 0.15) is 29.6 Å². The fourth-order valence-corrected chi connectivity index (χ4v) is 2.90. The van der Waals surface area contributed by atoms with E-state index < -0.39 is 5.97 Å². The molecule has 92 valence electrons. The summed E-state index contributed by atoms with van der Waals surface area (Å²) in [5, 5.41) is 12.9. The Morgan fingerprint density at radius 2 is 2.35 bits per heavy atom. The Morgan fingerprint density at radius 1 is 1.53 bits per heavy atom. The normalized spacial score (nSPS) is 23.6. The first-order valence-corrected chi connectivity index (χ1v) is 6.96. The first-order valence-electron chi connectivity index (χ1n) is 5.67. The summed E-state index contributed by atoms with van der Waals surface area (Å²) in [4.78, 5) is 14.8. The number of pyridine rings is 1. The molecule has 0 spiro atoms. The average Bonchev–Trinajstić information content (AvgIpc) is 2.77. The summed E-state index contributed by atoms with van der Waals surface area (Å²) in [6.07, 6.45) is 7.10. The quantitative estimate of drug-likeness (QED) is 0.862. The van der Waals surface area contributed by atoms with Crippen molar-refractivity contribution in [1.29, 1.82) is 0 Å². The molecule has 0 amide bonds. The van der Waals surface area contributed by atoms with E-state index >= 15 is 0 Å². The molecule has 4 nitrogen and oxygen atoms in total. The van der Waals surface area contributed by atoms with Gasteiger partial charge >= 0.3 is 5.97 Å². The third-order valence-electron chi connectivity index (χ3n) is 3.08. The smallest absolute Gasteiger partial charge is 0.337 e. The predicted molar refractivity (Wildman–Crippen MR) is 69.8 cm³/mol. The number of carboxylic acid groups (broad SMARTS) is 1. The molecule has 17 heavy (non-hydrogen) atoms. The lowest BCUT2D eigenvalue weighted by Gasteiger charge is -2.13. The van der Waals surface area contributed by atoms with Crippen molar-refractivity contribution >= 4 is 23.5 Å². The van der Waals surface area contributed by atoms with Gasteiger partial charge in [0.15, 0.2) is 0 Å². The molecular weight excluding hydrogens is 236 g/mol. The van der Waals surface area contributed by atoms with Crippen LogP contribution in [-0.4, -0.2) is 33.6 Å². The standard InChI is InChI=1S/C12H16N2O2S/c1-17-10-4-3-9(6-10)14-11-5-2-8(7-13-11)12(15)16/h2,5,7,9-10H,3-4,6H2,1H3,(H,13,14)(H,15,16). The highest BCUT2D eigenvalue weighted by molar-refractivity contribution is 7.99. The van der Waals surface area contributed by atoms with Gasteiger partial charge in [-0.15, -0.1) is 0 Å². The summed E-state index contributed by atoms with van der Waals surface area (Å²) in [5.41, 5.74) is 0.226. The van der Waals surface area contributed by atoms with Crippen LogP contribution in [0.5, 0.6) is 0 Å². The molecule has 1 fully saturated rings. The third-order valence-corrected chi connectivity index (χ3v) is 4.18. The summed E-state index contributed by atoms with van der Waals surface area (Å²) in [6, 6.07) is 3.78. The van der Waals surface area contributed by atoms with E-state index in [-0.39, 0.29) is 5.56 Å². The lowest BCUT2D eigenvalue weighted by molar-refractivity contribution is 0.0696. The first kappa shape index (κ1) is 12.2. The fraction of sp³-hybridized carbons (Fsp3) is 0.500. The highest BCUT2D eigenvalue weighted by atomic mass is 32.2. The summed E-state index contributed by atoms with van der Waals surface area (Å²) in [7, 11) is 0. The number of anilines is 1. The minimum atomic E-state index is -0.938. The number of aromatic carboxylic acids is 1. The molecule has 1 aliphatic rings. The second-order valence-corrected chi connectivity index (χ2v) is 5.39. The van der Waals surface area contributed by atoms with Crippen LogP contribution in [0.25, 0.3) is 0 Å². The van der Waals surface area contributed by atoms with Gasteiger partial charge in [-0.25, -0.2) is 9.78 Å². The van der Waals surface area contributed by atoms with Gasteiger partial charge in [-0.05, 0) is 37.7 Å². The Kier molecular flexibility index (Phi) is 3.89. The molecular formula is C12H16N2O2S. The molecule has 2 N–H and O–H groups in total. The SMILES string of the molecule is CSC1CCC(Nc2ccc(C(=O)O)cn2)C1. The van der Waals surface area contributed by atoms with Crippen molar-refractivity contribution in [3.63, 3.8) is 0 Å². The van der Waals surface area contributed by atoms with Crippen LogP contribution in [-0.2, 0) is 0 Å². The predicted octanol–water partition coefficient (Wildman–Crippen LogP) is 2.48. The van der Waals surface area contributed by atoms with E-state index in [2.05, 4.69) is 16.6 Å². The number of hydrogen-bond donors (Lipinski definition) is 2. The lowest BCUT2D eigenvalue weighted by Crippen LogP contribution is -2.16. The van der Waals surface area contributed by atoms with Crippen LogP contribution >= 0.6 is 11.8 Å². The van der Waals surface area contributed by atoms with Crippen LogP contribution in [0.4, 0.5) is 5.82 Å². The van der Waals surface area contributed by atoms with Gasteiger partial charge < -0.3 is 10.4 Å². The van der Waals surface area contributed by atoms with Crippen LogP contribution in [0, 0.1) is 0 Å². The maximum atomic E-state index is 10.7. The fourth-order valence-electron chi connectivity index (χ4n) is 2.10. The molecule has 1 heterocycles. The van der Waals surface area contributed by atoms with Crippen molar-refractivity contribution < 1.29 is 9.90 Å². The Balaban J connectivity index is 1.93. The van der Waals surface area contributed by atoms with E-state index in [1.165, 1.54) is 12.6 Å². The van der Waals surface area contributed by atoms with Gasteiger partial charge in [0, 0.05) is 17.5 Å². The zero-order valence-corrected chi connectivity index (χ0v) is 10.5. The first-order chi connectivity index (χ1) is 8.19. The number of nitrogens with zero attached hydrogens (tertiary/aromatic N) is 1. The number of thioether (sulfide) groups is 1. The van der Waals surface area contributed by atoms with E-state index in [1.807, 2.05) is 11.8 Å². The summed E-state index contributed by atoms with van der Waals surface area (Å²) < 4.78 is 0. The zero-order valence-electron chi connectivity index (χ0n) is 9.72. The van der Waals surface area contributed by atoms with Crippen LogP contribution in [0.15, 0.2) is 18.3 Å². The van der Waals surface area contributed by atoms with Crippen molar-refractivity contribution in [3.05, 3.63) is 23.9 Å². The number of nitrogens with one attached hydrogen (secondary N) is 1. The topological polar surface area (TPSA) is 62.2 Å². The molecule has 0 saturated heterocycles. The van der Waals surface area contributed by atoms with Gasteiger partial charge in [-0.2, -0.15) is 11.8 Å². The van der Waals surface area contributed by atoms with Crippen molar-refractivity contribution in [2.75, 3.05) is 11.6 Å². The Labute approximate surface area is 105 Å². The minimum Gasteiger partial charge on any atom is -0.478 e. The molecule has 5 heteroatoms. The molecule has 2 atom stereocenters. The van der Waals surface area contributed by atoms with Crippen molar-refractivity contribution in [2.24, 2.45) is 0 Å². The highest BCUT2D eigenvalue weighted by Crippen LogP contribution is 2.29. The maximum Gasteiger partial charge on any atom is 0.337 e. The number of carboxylic acids is 1. The number of aromatic nitrogens is 1. The van der Waals surface area contributed by atoms with E-state index in [0.717, 1.165) is 23.9 Å². The van der Waals surface area contributed by atoms with E-state index in [0.29, 0.717) is 6.04 Å². The van der Waals surface area contributed by atoms with E-state index in [1.54, 1.807) is 12.1 Å². The van der Waals surface area contributed by atoms with Gasteiger partial charge in [0.1, 0.15) is 5.82 Å². The number of carbonyl (C=O) groups is 1. The van der Waals surface area contributed by atoms with Crippen molar-refractivity contribution in [1.82, 2.24) is 4.98 Å². The Bertz CT molecular complexity index is 394. The molecule has 2 rings (SSSR count). The Hall–Kier alpha value is -1.23. The summed E-state index contributed by atoms with van der Waals surface area (Å²) in [6.45, 7) is 0. The molecule has 0 radical (unpaired) electrons. The van der Waals surface area contributed by atoms with Gasteiger partial charge in [0.2, 0.25) is 0 Å². The lowest BCUT2D eigenvalue weighted by atomic mass is 10.2. The minimum absolute atomic E-state index is 0.226. The van der Waals surface area contributed by atoms with Crippen LogP contribution in [0.2, 0.25) is 0 Å². The molecule has 1 aliphatic carbocycles. The van der Waals surface area contributed by atoms with Gasteiger partial charge in [-0.3, -0.25) is 0 Å². The molecule has 0 aliphatic heterocycles. The number of hydrogen-bond acceptors (Lipinski definition) is 4. The molecule has 2 unspecified atom stereocenters. The van der Waals surface area contributed by atoms with Crippen LogP contribution in [0.3, 0.4) is 0 Å². The van der Waals surface area contributed by atoms with Gasteiger partial charge in [0.05, 0.1) is 5.56 Å². The highest BCUT2D eigenvalue weighted by Gasteiger charge is 2.23. The molecule has 1 aromatic heterocycles. The van der Waals surface area contributed by atoms with E-state index in [4.69, 9.17) is 5.11 Å². The van der Waals surface area contributed by atoms with E-state index in [9.17, 15) is 4.79 Å². The number of rotatable bonds is 4. The monoisotopic (exact) mass is 252 g/mol.